The van der Waals surface area contributed by atoms with Gasteiger partial charge in [0.15, 0.2) is 5.78 Å². The van der Waals surface area contributed by atoms with Gasteiger partial charge in [0.25, 0.3) is 5.69 Å². The molecule has 12 heteroatoms. The van der Waals surface area contributed by atoms with Gasteiger partial charge in [-0.2, -0.15) is 0 Å². The van der Waals surface area contributed by atoms with Gasteiger partial charge in [-0.1, -0.05) is 12.1 Å². The third-order valence-electron chi connectivity index (χ3n) is 6.05. The Morgan fingerprint density at radius 2 is 1.53 bits per heavy atom. The first-order valence-electron chi connectivity index (χ1n) is 10.3. The molecule has 1 aliphatic rings. The van der Waals surface area contributed by atoms with Crippen molar-refractivity contribution in [2.24, 2.45) is 5.41 Å². The minimum atomic E-state index is -3.97. The number of hydrogen-bond acceptors (Lipinski definition) is 7. The zero-order valence-electron chi connectivity index (χ0n) is 19.4. The lowest BCUT2D eigenvalue weighted by Crippen LogP contribution is -2.41. The van der Waals surface area contributed by atoms with Crippen molar-refractivity contribution in [3.63, 3.8) is 0 Å². The molecule has 0 bridgehead atoms. The molecule has 0 N–H and O–H groups in total. The fraction of sp³-hybridized carbons (Fsp3) is 0.409. The van der Waals surface area contributed by atoms with Crippen molar-refractivity contribution in [3.05, 3.63) is 64.2 Å². The summed E-state index contributed by atoms with van der Waals surface area (Å²) in [4.78, 5) is 27.7. The van der Waals surface area contributed by atoms with Gasteiger partial charge in [0, 0.05) is 51.8 Å². The van der Waals surface area contributed by atoms with E-state index in [1.54, 1.807) is 19.1 Å². The van der Waals surface area contributed by atoms with Gasteiger partial charge in [0.2, 0.25) is 5.91 Å². The molecule has 0 spiro atoms. The van der Waals surface area contributed by atoms with E-state index >= 15 is 0 Å². The Balaban J connectivity index is 2.23. The molecule has 0 aromatic heterocycles. The predicted octanol–water partition coefficient (Wildman–Crippen LogP) is 5.76. The number of carbonyl (C=O) groups excluding carboxylic acids is 1. The van der Waals surface area contributed by atoms with Gasteiger partial charge in [-0.25, -0.2) is 0 Å². The van der Waals surface area contributed by atoms with Crippen molar-refractivity contribution >= 4 is 53.8 Å². The lowest BCUT2D eigenvalue weighted by Gasteiger charge is -2.37. The maximum Gasteiger partial charge on any atom is 0.357 e. The number of non-ortho nitro benzene ring substituents is 1. The summed E-state index contributed by atoms with van der Waals surface area (Å²) >= 11 is 12.6. The van der Waals surface area contributed by atoms with E-state index in [0.717, 1.165) is 5.69 Å². The number of benzene rings is 2. The van der Waals surface area contributed by atoms with E-state index in [1.165, 1.54) is 43.4 Å². The van der Waals surface area contributed by atoms with Crippen molar-refractivity contribution in [1.29, 1.82) is 0 Å². The van der Waals surface area contributed by atoms with Crippen LogP contribution in [0, 0.1) is 15.5 Å². The highest BCUT2D eigenvalue weighted by atomic mass is 35.5. The van der Waals surface area contributed by atoms with Gasteiger partial charge in [0.05, 0.1) is 10.3 Å². The molecule has 0 heterocycles. The number of halogens is 2. The van der Waals surface area contributed by atoms with Gasteiger partial charge in [-0.3, -0.25) is 24.4 Å². The maximum absolute atomic E-state index is 13.9. The Bertz CT molecular complexity index is 1120. The van der Waals surface area contributed by atoms with Crippen LogP contribution >= 0.6 is 30.8 Å². The number of anilines is 2. The molecule has 0 aliphatic heterocycles. The summed E-state index contributed by atoms with van der Waals surface area (Å²) in [6, 6.07) is 12.4. The lowest BCUT2D eigenvalue weighted by molar-refractivity contribution is -0.384. The third-order valence-corrected chi connectivity index (χ3v) is 9.30. The Kier molecular flexibility index (Phi) is 7.37. The van der Waals surface area contributed by atoms with Crippen LogP contribution in [0.3, 0.4) is 0 Å². The number of rotatable bonds is 9. The predicted molar refractivity (Wildman–Crippen MR) is 133 cm³/mol. The van der Waals surface area contributed by atoms with Gasteiger partial charge in [-0.05, 0) is 43.2 Å². The van der Waals surface area contributed by atoms with E-state index < -0.39 is 34.0 Å². The zero-order chi connectivity index (χ0) is 25.5. The standard InChI is InChI=1S/C22H26Cl2N3O6P/c1-21(14-22(21,23)24)20(28)26(17-10-12-18(13-11-17)27(29)30)19(34(31,32-4)33-5)15-6-8-16(9-7-15)25(2)3/h6-13,19H,14H2,1-5H3. The number of nitrogens with zero attached hydrogens (tertiary/aromatic N) is 3. The van der Waals surface area contributed by atoms with Crippen LogP contribution in [-0.4, -0.2) is 43.5 Å². The number of amides is 1. The van der Waals surface area contributed by atoms with Crippen molar-refractivity contribution < 1.29 is 23.3 Å². The summed E-state index contributed by atoms with van der Waals surface area (Å²) in [7, 11) is 2.25. The third kappa shape index (κ3) is 4.68. The molecular formula is C22H26Cl2N3O6P. The van der Waals surface area contributed by atoms with Crippen LogP contribution in [0.25, 0.3) is 0 Å². The smallest absolute Gasteiger partial charge is 0.357 e. The molecule has 9 nitrogen and oxygen atoms in total. The molecule has 1 fully saturated rings. The minimum absolute atomic E-state index is 0.161. The summed E-state index contributed by atoms with van der Waals surface area (Å²) in [5, 5.41) is 11.2. The van der Waals surface area contributed by atoms with Crippen molar-refractivity contribution in [3.8, 4) is 0 Å². The van der Waals surface area contributed by atoms with E-state index in [0.29, 0.717) is 5.56 Å². The monoisotopic (exact) mass is 529 g/mol. The fourth-order valence-corrected chi connectivity index (χ4v) is 6.00. The van der Waals surface area contributed by atoms with Crippen LogP contribution in [0.5, 0.6) is 0 Å². The molecule has 2 aromatic rings. The summed E-state index contributed by atoms with van der Waals surface area (Å²) in [5.41, 5.74) is 0.278. The maximum atomic E-state index is 13.9. The topological polar surface area (TPSA) is 102 Å². The molecule has 2 aromatic carbocycles. The number of alkyl halides is 2. The number of nitro groups is 1. The minimum Gasteiger partial charge on any atom is -0.378 e. The molecule has 1 aliphatic carbocycles. The van der Waals surface area contributed by atoms with Gasteiger partial charge in [0.1, 0.15) is 4.33 Å². The molecule has 0 radical (unpaired) electrons. The molecule has 34 heavy (non-hydrogen) atoms. The quantitative estimate of drug-likeness (QED) is 0.176. The Morgan fingerprint density at radius 1 is 1.06 bits per heavy atom. The summed E-state index contributed by atoms with van der Waals surface area (Å²) in [6.07, 6.45) is 0.183. The van der Waals surface area contributed by atoms with Crippen LogP contribution in [0.15, 0.2) is 48.5 Å². The second-order valence-electron chi connectivity index (χ2n) is 8.43. The van der Waals surface area contributed by atoms with E-state index in [4.69, 9.17) is 32.2 Å². The van der Waals surface area contributed by atoms with E-state index in [-0.39, 0.29) is 17.8 Å². The second kappa shape index (κ2) is 9.47. The SMILES string of the molecule is COP(=O)(OC)C(c1ccc(N(C)C)cc1)N(C(=O)C1(C)CC1(Cl)Cl)c1ccc([N+](=O)[O-])cc1. The molecular weight excluding hydrogens is 504 g/mol. The molecule has 184 valence electrons. The zero-order valence-corrected chi connectivity index (χ0v) is 21.8. The van der Waals surface area contributed by atoms with Gasteiger partial charge in [-0.15, -0.1) is 23.2 Å². The fourth-order valence-electron chi connectivity index (χ4n) is 3.69. The van der Waals surface area contributed by atoms with Crippen LogP contribution in [0.4, 0.5) is 17.1 Å². The lowest BCUT2D eigenvalue weighted by atomic mass is 10.1. The summed E-state index contributed by atoms with van der Waals surface area (Å²) in [5.74, 6) is -1.73. The Hall–Kier alpha value is -2.16. The molecule has 0 saturated heterocycles. The number of hydrogen-bond donors (Lipinski definition) is 0. The van der Waals surface area contributed by atoms with Crippen LogP contribution in [-0.2, 0) is 18.4 Å². The molecule has 1 amide bonds. The van der Waals surface area contributed by atoms with E-state index in [9.17, 15) is 19.5 Å². The Morgan fingerprint density at radius 3 is 1.91 bits per heavy atom. The van der Waals surface area contributed by atoms with Crippen molar-refractivity contribution in [2.75, 3.05) is 38.1 Å². The molecule has 1 saturated carbocycles. The normalized spacial score (nSPS) is 19.9. The average molecular weight is 530 g/mol. The Labute approximate surface area is 208 Å². The number of nitro benzene ring substituents is 1. The van der Waals surface area contributed by atoms with Crippen LogP contribution < -0.4 is 9.80 Å². The first-order valence-corrected chi connectivity index (χ1v) is 12.6. The van der Waals surface area contributed by atoms with Crippen molar-refractivity contribution in [2.45, 2.75) is 23.5 Å². The van der Waals surface area contributed by atoms with E-state index in [2.05, 4.69) is 0 Å². The average Bonchev–Trinajstić information content (AvgIpc) is 3.35. The molecule has 2 atom stereocenters. The largest absolute Gasteiger partial charge is 0.378 e. The van der Waals surface area contributed by atoms with Crippen LogP contribution in [0.2, 0.25) is 0 Å². The van der Waals surface area contributed by atoms with Gasteiger partial charge < -0.3 is 13.9 Å². The first kappa shape index (κ1) is 26.4. The van der Waals surface area contributed by atoms with E-state index in [1.807, 2.05) is 31.1 Å². The van der Waals surface area contributed by atoms with Gasteiger partial charge >= 0.3 is 7.60 Å². The van der Waals surface area contributed by atoms with Crippen molar-refractivity contribution in [1.82, 2.24) is 0 Å². The summed E-state index contributed by atoms with van der Waals surface area (Å²) in [6.45, 7) is 1.62. The highest BCUT2D eigenvalue weighted by Crippen LogP contribution is 2.68. The highest BCUT2D eigenvalue weighted by Gasteiger charge is 2.70. The first-order chi connectivity index (χ1) is 15.8. The highest BCUT2D eigenvalue weighted by molar-refractivity contribution is 7.54. The summed E-state index contributed by atoms with van der Waals surface area (Å²) < 4.78 is 23.2. The molecule has 2 unspecified atom stereocenters. The van der Waals surface area contributed by atoms with Crippen LogP contribution in [0.1, 0.15) is 24.7 Å². The second-order valence-corrected chi connectivity index (χ2v) is 12.2. The number of carbonyl (C=O) groups is 1. The molecule has 3 rings (SSSR count).